The third-order valence-electron chi connectivity index (χ3n) is 2.97. The van der Waals surface area contributed by atoms with Crippen LogP contribution in [0.3, 0.4) is 0 Å². The lowest BCUT2D eigenvalue weighted by Gasteiger charge is -2.28. The normalized spacial score (nSPS) is 11.2. The Kier molecular flexibility index (Phi) is 7.22. The van der Waals surface area contributed by atoms with Gasteiger partial charge in [0.15, 0.2) is 5.82 Å². The topological polar surface area (TPSA) is 67.5 Å². The number of nitrogens with zero attached hydrogens (tertiary/aromatic N) is 4. The van der Waals surface area contributed by atoms with Crippen LogP contribution in [0, 0.1) is 5.92 Å². The number of likely N-dealkylation sites (N-methyl/N-ethyl adjacent to an activating group) is 1. The first-order chi connectivity index (χ1) is 9.95. The SMILES string of the molecule is CCCOc1ncnc(N(CCN(C)C)CC(C)C)c1N. The minimum Gasteiger partial charge on any atom is -0.476 e. The molecule has 0 aliphatic carbocycles. The first-order valence-electron chi connectivity index (χ1n) is 7.58. The van der Waals surface area contributed by atoms with Crippen LogP contribution < -0.4 is 15.4 Å². The largest absolute Gasteiger partial charge is 0.476 e. The highest BCUT2D eigenvalue weighted by atomic mass is 16.5. The third-order valence-corrected chi connectivity index (χ3v) is 2.97. The van der Waals surface area contributed by atoms with Gasteiger partial charge in [-0.1, -0.05) is 20.8 Å². The van der Waals surface area contributed by atoms with E-state index in [1.165, 1.54) is 6.33 Å². The molecule has 0 radical (unpaired) electrons. The summed E-state index contributed by atoms with van der Waals surface area (Å²) in [6.45, 7) is 9.77. The van der Waals surface area contributed by atoms with E-state index in [1.807, 2.05) is 0 Å². The van der Waals surface area contributed by atoms with Crippen LogP contribution in [0.5, 0.6) is 5.88 Å². The van der Waals surface area contributed by atoms with Gasteiger partial charge in [0.05, 0.1) is 6.61 Å². The predicted molar refractivity (Wildman–Crippen MR) is 87.8 cm³/mol. The number of nitrogen functional groups attached to an aromatic ring is 1. The molecule has 2 N–H and O–H groups in total. The number of aromatic nitrogens is 2. The van der Waals surface area contributed by atoms with Crippen molar-refractivity contribution in [2.75, 3.05) is 51.0 Å². The quantitative estimate of drug-likeness (QED) is 0.750. The Morgan fingerprint density at radius 1 is 1.24 bits per heavy atom. The second-order valence-electron chi connectivity index (χ2n) is 5.91. The summed E-state index contributed by atoms with van der Waals surface area (Å²) in [5.41, 5.74) is 6.73. The smallest absolute Gasteiger partial charge is 0.242 e. The minimum atomic E-state index is 0.487. The Labute approximate surface area is 128 Å². The zero-order valence-corrected chi connectivity index (χ0v) is 14.0. The van der Waals surface area contributed by atoms with Gasteiger partial charge < -0.3 is 20.3 Å². The Balaban J connectivity index is 2.94. The third kappa shape index (κ3) is 5.75. The lowest BCUT2D eigenvalue weighted by molar-refractivity contribution is 0.306. The number of hydrogen-bond donors (Lipinski definition) is 1. The van der Waals surface area contributed by atoms with E-state index >= 15 is 0 Å². The van der Waals surface area contributed by atoms with Crippen LogP contribution in [0.2, 0.25) is 0 Å². The molecule has 21 heavy (non-hydrogen) atoms. The maximum atomic E-state index is 6.20. The molecule has 0 amide bonds. The van der Waals surface area contributed by atoms with Crippen molar-refractivity contribution in [2.24, 2.45) is 5.92 Å². The van der Waals surface area contributed by atoms with E-state index in [-0.39, 0.29) is 0 Å². The highest BCUT2D eigenvalue weighted by Crippen LogP contribution is 2.28. The average molecular weight is 295 g/mol. The summed E-state index contributed by atoms with van der Waals surface area (Å²) >= 11 is 0. The molecule has 0 aliphatic heterocycles. The summed E-state index contributed by atoms with van der Waals surface area (Å²) in [5.74, 6) is 1.79. The molecule has 1 rings (SSSR count). The van der Waals surface area contributed by atoms with Gasteiger partial charge in [0.25, 0.3) is 0 Å². The molecule has 0 atom stereocenters. The van der Waals surface area contributed by atoms with Crippen LogP contribution >= 0.6 is 0 Å². The Morgan fingerprint density at radius 3 is 2.52 bits per heavy atom. The van der Waals surface area contributed by atoms with E-state index in [2.05, 4.69) is 54.6 Å². The van der Waals surface area contributed by atoms with Crippen molar-refractivity contribution < 1.29 is 4.74 Å². The Hall–Kier alpha value is -1.56. The number of nitrogens with two attached hydrogens (primary N) is 1. The zero-order valence-electron chi connectivity index (χ0n) is 14.0. The van der Waals surface area contributed by atoms with E-state index in [0.717, 1.165) is 31.9 Å². The van der Waals surface area contributed by atoms with Crippen LogP contribution in [-0.2, 0) is 0 Å². The summed E-state index contributed by atoms with van der Waals surface area (Å²) in [5, 5.41) is 0. The van der Waals surface area contributed by atoms with Gasteiger partial charge in [0, 0.05) is 19.6 Å². The highest BCUT2D eigenvalue weighted by Gasteiger charge is 2.17. The molecule has 0 bridgehead atoms. The van der Waals surface area contributed by atoms with Crippen LogP contribution in [0.4, 0.5) is 11.5 Å². The van der Waals surface area contributed by atoms with E-state index in [0.29, 0.717) is 24.1 Å². The summed E-state index contributed by atoms with van der Waals surface area (Å²) in [7, 11) is 4.12. The highest BCUT2D eigenvalue weighted by molar-refractivity contribution is 5.67. The maximum Gasteiger partial charge on any atom is 0.242 e. The second-order valence-corrected chi connectivity index (χ2v) is 5.91. The van der Waals surface area contributed by atoms with E-state index in [1.54, 1.807) is 0 Å². The average Bonchev–Trinajstić information content (AvgIpc) is 2.42. The fourth-order valence-electron chi connectivity index (χ4n) is 1.98. The van der Waals surface area contributed by atoms with Gasteiger partial charge in [-0.25, -0.2) is 4.98 Å². The van der Waals surface area contributed by atoms with Gasteiger partial charge in [0.1, 0.15) is 12.0 Å². The van der Waals surface area contributed by atoms with Gasteiger partial charge in [-0.15, -0.1) is 0 Å². The van der Waals surface area contributed by atoms with E-state index < -0.39 is 0 Å². The lowest BCUT2D eigenvalue weighted by atomic mass is 10.2. The summed E-state index contributed by atoms with van der Waals surface area (Å²) in [4.78, 5) is 12.9. The number of hydrogen-bond acceptors (Lipinski definition) is 6. The Bertz CT molecular complexity index is 423. The molecule has 0 saturated heterocycles. The fraction of sp³-hybridized carbons (Fsp3) is 0.733. The van der Waals surface area contributed by atoms with Crippen molar-refractivity contribution in [3.05, 3.63) is 6.33 Å². The van der Waals surface area contributed by atoms with Crippen molar-refractivity contribution in [2.45, 2.75) is 27.2 Å². The summed E-state index contributed by atoms with van der Waals surface area (Å²) in [6, 6.07) is 0. The van der Waals surface area contributed by atoms with Crippen molar-refractivity contribution in [3.63, 3.8) is 0 Å². The number of rotatable bonds is 9. The van der Waals surface area contributed by atoms with Gasteiger partial charge in [0.2, 0.25) is 5.88 Å². The Morgan fingerprint density at radius 2 is 1.95 bits per heavy atom. The predicted octanol–water partition coefficient (Wildman–Crippen LogP) is 1.87. The van der Waals surface area contributed by atoms with Gasteiger partial charge >= 0.3 is 0 Å². The maximum absolute atomic E-state index is 6.20. The van der Waals surface area contributed by atoms with Crippen LogP contribution in [0.1, 0.15) is 27.2 Å². The molecule has 0 spiro atoms. The second kappa shape index (κ2) is 8.67. The van der Waals surface area contributed by atoms with Crippen LogP contribution in [0.15, 0.2) is 6.33 Å². The van der Waals surface area contributed by atoms with Crippen LogP contribution in [0.25, 0.3) is 0 Å². The van der Waals surface area contributed by atoms with Crippen molar-refractivity contribution in [1.82, 2.24) is 14.9 Å². The molecule has 1 heterocycles. The monoisotopic (exact) mass is 295 g/mol. The molecule has 6 heteroatoms. The molecular formula is C15H29N5O. The fourth-order valence-corrected chi connectivity index (χ4v) is 1.98. The molecule has 6 nitrogen and oxygen atoms in total. The zero-order chi connectivity index (χ0) is 15.8. The molecular weight excluding hydrogens is 266 g/mol. The van der Waals surface area contributed by atoms with E-state index in [4.69, 9.17) is 10.5 Å². The molecule has 1 aromatic rings. The molecule has 0 fully saturated rings. The summed E-state index contributed by atoms with van der Waals surface area (Å²) < 4.78 is 5.59. The van der Waals surface area contributed by atoms with Gasteiger partial charge in [-0.05, 0) is 26.4 Å². The van der Waals surface area contributed by atoms with Crippen LogP contribution in [-0.4, -0.2) is 55.2 Å². The molecule has 0 aliphatic rings. The lowest BCUT2D eigenvalue weighted by Crippen LogP contribution is -2.35. The van der Waals surface area contributed by atoms with Gasteiger partial charge in [-0.2, -0.15) is 4.98 Å². The van der Waals surface area contributed by atoms with Gasteiger partial charge in [-0.3, -0.25) is 0 Å². The van der Waals surface area contributed by atoms with Crippen molar-refractivity contribution in [1.29, 1.82) is 0 Å². The number of ether oxygens (including phenoxy) is 1. The van der Waals surface area contributed by atoms with Crippen molar-refractivity contribution in [3.8, 4) is 5.88 Å². The first-order valence-corrected chi connectivity index (χ1v) is 7.58. The molecule has 0 saturated carbocycles. The summed E-state index contributed by atoms with van der Waals surface area (Å²) in [6.07, 6.45) is 2.45. The molecule has 0 aromatic carbocycles. The van der Waals surface area contributed by atoms with E-state index in [9.17, 15) is 0 Å². The first kappa shape index (κ1) is 17.5. The number of anilines is 2. The molecule has 120 valence electrons. The minimum absolute atomic E-state index is 0.487. The van der Waals surface area contributed by atoms with Crippen molar-refractivity contribution >= 4 is 11.5 Å². The molecule has 0 unspecified atom stereocenters. The standard InChI is InChI=1S/C15H29N5O/c1-6-9-21-15-13(16)14(17-11-18-15)20(10-12(2)3)8-7-19(4)5/h11-12H,6-10,16H2,1-5H3. The molecule has 1 aromatic heterocycles.